The zero-order valence-corrected chi connectivity index (χ0v) is 14.6. The van der Waals surface area contributed by atoms with Gasteiger partial charge in [-0.25, -0.2) is 18.0 Å². The molecule has 4 bridgehead atoms. The molecule has 162 valence electrons. The normalized spacial score (nSPS) is 54.7. The van der Waals surface area contributed by atoms with Crippen molar-refractivity contribution in [3.63, 3.8) is 0 Å². The Balaban J connectivity index is 1.47. The quantitative estimate of drug-likeness (QED) is 0.362. The Kier molecular flexibility index (Phi) is 3.30. The molecular formula is C18H15F9O2. The first-order valence-electron chi connectivity index (χ1n) is 9.26. The second kappa shape index (κ2) is 4.90. The lowest BCUT2D eigenvalue weighted by Gasteiger charge is -2.42. The highest BCUT2D eigenvalue weighted by Crippen LogP contribution is 2.79. The van der Waals surface area contributed by atoms with E-state index in [1.165, 1.54) is 6.08 Å². The number of fused-ring (bicyclic) bond motifs is 7. The summed E-state index contributed by atoms with van der Waals surface area (Å²) in [6, 6.07) is 0. The molecule has 0 heterocycles. The van der Waals surface area contributed by atoms with Crippen LogP contribution in [0.15, 0.2) is 12.2 Å². The molecule has 5 aliphatic rings. The van der Waals surface area contributed by atoms with Crippen molar-refractivity contribution in [1.29, 1.82) is 0 Å². The Morgan fingerprint density at radius 1 is 0.793 bits per heavy atom. The van der Waals surface area contributed by atoms with Crippen molar-refractivity contribution in [2.45, 2.75) is 66.6 Å². The number of rotatable bonds is 2. The highest BCUT2D eigenvalue weighted by Gasteiger charge is 3.04. The third-order valence-electron chi connectivity index (χ3n) is 7.73. The van der Waals surface area contributed by atoms with E-state index in [2.05, 4.69) is 0 Å². The third kappa shape index (κ3) is 1.69. The van der Waals surface area contributed by atoms with Gasteiger partial charge in [-0.1, -0.05) is 12.2 Å². The van der Waals surface area contributed by atoms with Crippen LogP contribution in [-0.2, 0) is 9.53 Å². The number of hydrogen-bond donors (Lipinski definition) is 0. The lowest BCUT2D eigenvalue weighted by molar-refractivity contribution is -0.298. The van der Waals surface area contributed by atoms with Crippen LogP contribution < -0.4 is 0 Å². The van der Waals surface area contributed by atoms with Gasteiger partial charge in [-0.2, -0.15) is 26.3 Å². The molecule has 8 unspecified atom stereocenters. The van der Waals surface area contributed by atoms with Crippen LogP contribution in [-0.4, -0.2) is 46.8 Å². The van der Waals surface area contributed by atoms with Gasteiger partial charge in [0.1, 0.15) is 6.10 Å². The summed E-state index contributed by atoms with van der Waals surface area (Å²) in [5.74, 6) is -25.5. The van der Waals surface area contributed by atoms with Gasteiger partial charge in [-0.15, -0.1) is 0 Å². The van der Waals surface area contributed by atoms with E-state index in [0.717, 1.165) is 0 Å². The molecule has 0 aromatic carbocycles. The zero-order chi connectivity index (χ0) is 21.4. The SMILES string of the molecule is O=C(OC1CC2CC1C1(F)C(F)(F)C(F)(F)C(F)(F)C21F)C1(F)CC2C=CC1C2. The van der Waals surface area contributed by atoms with Crippen molar-refractivity contribution in [1.82, 2.24) is 0 Å². The molecular weight excluding hydrogens is 419 g/mol. The third-order valence-corrected chi connectivity index (χ3v) is 7.73. The van der Waals surface area contributed by atoms with Crippen molar-refractivity contribution in [3.05, 3.63) is 12.2 Å². The largest absolute Gasteiger partial charge is 0.460 e. The van der Waals surface area contributed by atoms with Crippen LogP contribution in [0.5, 0.6) is 0 Å². The molecule has 29 heavy (non-hydrogen) atoms. The highest BCUT2D eigenvalue weighted by molar-refractivity contribution is 5.81. The minimum atomic E-state index is -6.27. The smallest absolute Gasteiger partial charge is 0.378 e. The summed E-state index contributed by atoms with van der Waals surface area (Å²) in [5.41, 5.74) is -12.3. The minimum absolute atomic E-state index is 0.236. The molecule has 0 amide bonds. The first-order chi connectivity index (χ1) is 13.2. The zero-order valence-electron chi connectivity index (χ0n) is 14.6. The second-order valence-corrected chi connectivity index (χ2v) is 8.92. The summed E-state index contributed by atoms with van der Waals surface area (Å²) >= 11 is 0. The van der Waals surface area contributed by atoms with Crippen molar-refractivity contribution in [2.75, 3.05) is 0 Å². The van der Waals surface area contributed by atoms with E-state index in [0.29, 0.717) is 6.42 Å². The number of hydrogen-bond acceptors (Lipinski definition) is 2. The number of carbonyl (C=O) groups excluding carboxylic acids is 1. The Hall–Kier alpha value is -1.42. The van der Waals surface area contributed by atoms with Gasteiger partial charge in [-0.3, -0.25) is 0 Å². The Bertz CT molecular complexity index is 828. The molecule has 4 fully saturated rings. The van der Waals surface area contributed by atoms with Gasteiger partial charge >= 0.3 is 23.7 Å². The van der Waals surface area contributed by atoms with E-state index in [4.69, 9.17) is 4.74 Å². The van der Waals surface area contributed by atoms with Crippen LogP contribution >= 0.6 is 0 Å². The van der Waals surface area contributed by atoms with Gasteiger partial charge in [-0.05, 0) is 31.6 Å². The maximum absolute atomic E-state index is 15.3. The topological polar surface area (TPSA) is 26.3 Å². The molecule has 8 atom stereocenters. The van der Waals surface area contributed by atoms with Gasteiger partial charge < -0.3 is 4.74 Å². The van der Waals surface area contributed by atoms with Gasteiger partial charge in [0.15, 0.2) is 0 Å². The van der Waals surface area contributed by atoms with Crippen LogP contribution in [0.4, 0.5) is 39.5 Å². The van der Waals surface area contributed by atoms with E-state index >= 15 is 13.2 Å². The van der Waals surface area contributed by atoms with E-state index in [1.807, 2.05) is 0 Å². The molecule has 4 saturated carbocycles. The van der Waals surface area contributed by atoms with E-state index < -0.39 is 77.4 Å². The number of alkyl halides is 9. The summed E-state index contributed by atoms with van der Waals surface area (Å²) in [5, 5.41) is 0. The Labute approximate surface area is 158 Å². The molecule has 0 radical (unpaired) electrons. The second-order valence-electron chi connectivity index (χ2n) is 8.92. The highest BCUT2D eigenvalue weighted by atomic mass is 19.4. The number of esters is 1. The Morgan fingerprint density at radius 3 is 1.97 bits per heavy atom. The number of carbonyl (C=O) groups is 1. The van der Waals surface area contributed by atoms with Crippen LogP contribution in [0.1, 0.15) is 25.7 Å². The van der Waals surface area contributed by atoms with Crippen molar-refractivity contribution in [3.8, 4) is 0 Å². The molecule has 5 aliphatic carbocycles. The predicted molar refractivity (Wildman–Crippen MR) is 77.8 cm³/mol. The summed E-state index contributed by atoms with van der Waals surface area (Å²) in [6.45, 7) is 0. The number of halogens is 9. The molecule has 0 spiro atoms. The van der Waals surface area contributed by atoms with E-state index in [9.17, 15) is 31.1 Å². The van der Waals surface area contributed by atoms with Crippen molar-refractivity contribution >= 4 is 5.97 Å². The molecule has 0 saturated heterocycles. The van der Waals surface area contributed by atoms with Gasteiger partial charge in [0, 0.05) is 17.8 Å². The van der Waals surface area contributed by atoms with Crippen LogP contribution in [0.2, 0.25) is 0 Å². The number of ether oxygens (including phenoxy) is 1. The van der Waals surface area contributed by atoms with Crippen LogP contribution in [0.25, 0.3) is 0 Å². The van der Waals surface area contributed by atoms with E-state index in [1.54, 1.807) is 6.08 Å². The van der Waals surface area contributed by atoms with Crippen LogP contribution in [0, 0.1) is 23.7 Å². The summed E-state index contributed by atoms with van der Waals surface area (Å²) in [7, 11) is 0. The molecule has 0 aliphatic heterocycles. The maximum Gasteiger partial charge on any atom is 0.378 e. The van der Waals surface area contributed by atoms with Crippen LogP contribution in [0.3, 0.4) is 0 Å². The molecule has 0 aromatic rings. The molecule has 0 aromatic heterocycles. The molecule has 5 rings (SSSR count). The van der Waals surface area contributed by atoms with Gasteiger partial charge in [0.2, 0.25) is 17.0 Å². The monoisotopic (exact) mass is 434 g/mol. The summed E-state index contributed by atoms with van der Waals surface area (Å²) in [6.07, 6.45) is -0.464. The van der Waals surface area contributed by atoms with Crippen molar-refractivity contribution < 1.29 is 49.0 Å². The predicted octanol–water partition coefficient (Wildman–Crippen LogP) is 4.58. The fraction of sp³-hybridized carbons (Fsp3) is 0.833. The lowest BCUT2D eigenvalue weighted by Crippen LogP contribution is -2.64. The average Bonchev–Trinajstić information content (AvgIpc) is 3.37. The maximum atomic E-state index is 15.3. The minimum Gasteiger partial charge on any atom is -0.460 e. The van der Waals surface area contributed by atoms with Gasteiger partial charge in [0.25, 0.3) is 0 Å². The first kappa shape index (κ1) is 19.5. The van der Waals surface area contributed by atoms with E-state index in [-0.39, 0.29) is 12.3 Å². The standard InChI is InChI=1S/C18H15F9O2/c19-13(6-7-1-2-8(13)3-7)12(28)29-11-5-9-4-10(11)15(21)14(9,20)16(22,23)18(26,27)17(15,24)25/h1-2,7-11H,3-6H2. The molecule has 2 nitrogen and oxygen atoms in total. The average molecular weight is 434 g/mol. The lowest BCUT2D eigenvalue weighted by atomic mass is 9.73. The van der Waals surface area contributed by atoms with Gasteiger partial charge in [0.05, 0.1) is 0 Å². The van der Waals surface area contributed by atoms with Crippen molar-refractivity contribution in [2.24, 2.45) is 23.7 Å². The summed E-state index contributed by atoms with van der Waals surface area (Å²) < 4.78 is 134. The fourth-order valence-electron chi connectivity index (χ4n) is 6.31. The number of allylic oxidation sites excluding steroid dienone is 2. The molecule has 11 heteroatoms. The molecule has 0 N–H and O–H groups in total. The summed E-state index contributed by atoms with van der Waals surface area (Å²) in [4.78, 5) is 12.4. The Morgan fingerprint density at radius 2 is 1.41 bits per heavy atom. The first-order valence-corrected chi connectivity index (χ1v) is 9.26. The fourth-order valence-corrected chi connectivity index (χ4v) is 6.31.